The summed E-state index contributed by atoms with van der Waals surface area (Å²) in [5, 5.41) is 0. The van der Waals surface area contributed by atoms with Crippen LogP contribution in [0.25, 0.3) is 0 Å². The van der Waals surface area contributed by atoms with Gasteiger partial charge in [-0.25, -0.2) is 0 Å². The lowest BCUT2D eigenvalue weighted by atomic mass is 9.74. The Kier molecular flexibility index (Phi) is 1.83. The number of fused-ring (bicyclic) bond motifs is 1. The van der Waals surface area contributed by atoms with Gasteiger partial charge in [0.2, 0.25) is 6.29 Å². The first-order valence-corrected chi connectivity index (χ1v) is 6.27. The van der Waals surface area contributed by atoms with Crippen molar-refractivity contribution >= 4 is 5.97 Å². The first-order chi connectivity index (χ1) is 8.15. The molecule has 0 aromatic heterocycles. The van der Waals surface area contributed by atoms with Crippen LogP contribution < -0.4 is 0 Å². The molecule has 0 N–H and O–H groups in total. The van der Waals surface area contributed by atoms with Gasteiger partial charge in [0.1, 0.15) is 11.7 Å². The highest BCUT2D eigenvalue weighted by atomic mass is 16.8. The van der Waals surface area contributed by atoms with E-state index in [9.17, 15) is 4.79 Å². The highest BCUT2D eigenvalue weighted by Gasteiger charge is 2.75. The first kappa shape index (κ1) is 10.3. The van der Waals surface area contributed by atoms with E-state index in [1.807, 2.05) is 0 Å². The van der Waals surface area contributed by atoms with Crippen LogP contribution in [0.3, 0.4) is 0 Å². The molecule has 1 saturated carbocycles. The second kappa shape index (κ2) is 3.02. The average molecular weight is 240 g/mol. The number of ether oxygens (including phenoxy) is 4. The van der Waals surface area contributed by atoms with Gasteiger partial charge in [0, 0.05) is 18.8 Å². The lowest BCUT2D eigenvalue weighted by molar-refractivity contribution is -0.336. The normalized spacial score (nSPS) is 54.8. The van der Waals surface area contributed by atoms with Crippen molar-refractivity contribution in [2.24, 2.45) is 5.41 Å². The van der Waals surface area contributed by atoms with E-state index in [2.05, 4.69) is 0 Å². The molecule has 0 aromatic rings. The minimum atomic E-state index is -0.589. The maximum atomic E-state index is 11.1. The molecule has 3 aliphatic heterocycles. The summed E-state index contributed by atoms with van der Waals surface area (Å²) in [5.74, 6) is -0.327. The van der Waals surface area contributed by atoms with Crippen LogP contribution in [0.2, 0.25) is 0 Å². The molecule has 0 radical (unpaired) electrons. The Morgan fingerprint density at radius 2 is 2.29 bits per heavy atom. The van der Waals surface area contributed by atoms with Crippen LogP contribution in [-0.2, 0) is 23.7 Å². The van der Waals surface area contributed by atoms with E-state index in [1.54, 1.807) is 0 Å². The molecule has 0 amide bonds. The number of hydrogen-bond donors (Lipinski definition) is 0. The Bertz CT molecular complexity index is 381. The van der Waals surface area contributed by atoms with Crippen molar-refractivity contribution < 1.29 is 23.7 Å². The monoisotopic (exact) mass is 240 g/mol. The summed E-state index contributed by atoms with van der Waals surface area (Å²) < 4.78 is 22.8. The van der Waals surface area contributed by atoms with Gasteiger partial charge in [-0.1, -0.05) is 0 Å². The van der Waals surface area contributed by atoms with Crippen molar-refractivity contribution in [3.05, 3.63) is 0 Å². The number of esters is 1. The van der Waals surface area contributed by atoms with E-state index < -0.39 is 6.29 Å². The second-order valence-electron chi connectivity index (χ2n) is 5.62. The molecule has 94 valence electrons. The molecular formula is C12H16O5. The summed E-state index contributed by atoms with van der Waals surface area (Å²) in [5.41, 5.74) is -0.146. The van der Waals surface area contributed by atoms with Gasteiger partial charge in [0.15, 0.2) is 6.29 Å². The van der Waals surface area contributed by atoms with Crippen LogP contribution in [0.15, 0.2) is 0 Å². The third kappa shape index (κ3) is 1.08. The van der Waals surface area contributed by atoms with Gasteiger partial charge in [-0.15, -0.1) is 0 Å². The van der Waals surface area contributed by atoms with Crippen molar-refractivity contribution in [2.45, 2.75) is 56.9 Å². The Labute approximate surface area is 99.3 Å². The quantitative estimate of drug-likeness (QED) is 0.639. The lowest BCUT2D eigenvalue weighted by Gasteiger charge is -2.41. The lowest BCUT2D eigenvalue weighted by Crippen LogP contribution is -2.55. The molecular weight excluding hydrogens is 224 g/mol. The zero-order valence-corrected chi connectivity index (χ0v) is 9.81. The molecule has 3 heterocycles. The standard InChI is InChI=1S/C12H16O5/c1-7(13)15-10-9-12-4-2-3-11(12,6-14-9)5-8(16-10)17-12/h8-10H,2-6H2,1H3/t8-,9+,10-,11+,12-/m1/s1. The van der Waals surface area contributed by atoms with Gasteiger partial charge >= 0.3 is 5.97 Å². The third-order valence-corrected chi connectivity index (χ3v) is 4.81. The first-order valence-electron chi connectivity index (χ1n) is 6.27. The Morgan fingerprint density at radius 3 is 3.12 bits per heavy atom. The Hall–Kier alpha value is -0.650. The fraction of sp³-hybridized carbons (Fsp3) is 0.917. The van der Waals surface area contributed by atoms with Gasteiger partial charge in [-0.05, 0) is 19.3 Å². The van der Waals surface area contributed by atoms with Crippen molar-refractivity contribution in [1.29, 1.82) is 0 Å². The number of carbonyl (C=O) groups is 1. The molecule has 2 bridgehead atoms. The second-order valence-corrected chi connectivity index (χ2v) is 5.62. The van der Waals surface area contributed by atoms with E-state index >= 15 is 0 Å². The van der Waals surface area contributed by atoms with Crippen molar-refractivity contribution in [2.75, 3.05) is 6.61 Å². The topological polar surface area (TPSA) is 54.0 Å². The SMILES string of the molecule is CC(=O)O[C@@H]1O[C@H]2C[C@]34CCC[C@@]3(O2)[C@H]1OC4. The number of carbonyl (C=O) groups excluding carboxylic acids is 1. The molecule has 17 heavy (non-hydrogen) atoms. The van der Waals surface area contributed by atoms with Gasteiger partial charge in [-0.3, -0.25) is 4.79 Å². The maximum Gasteiger partial charge on any atom is 0.305 e. The van der Waals surface area contributed by atoms with Crippen LogP contribution in [0.1, 0.15) is 32.6 Å². The summed E-state index contributed by atoms with van der Waals surface area (Å²) in [6.45, 7) is 2.12. The molecule has 4 aliphatic rings. The third-order valence-electron chi connectivity index (χ3n) is 4.81. The van der Waals surface area contributed by atoms with Crippen LogP contribution >= 0.6 is 0 Å². The smallest absolute Gasteiger partial charge is 0.305 e. The van der Waals surface area contributed by atoms with E-state index in [4.69, 9.17) is 18.9 Å². The van der Waals surface area contributed by atoms with Crippen LogP contribution in [-0.4, -0.2) is 36.9 Å². The van der Waals surface area contributed by atoms with Crippen LogP contribution in [0.4, 0.5) is 0 Å². The largest absolute Gasteiger partial charge is 0.433 e. The summed E-state index contributed by atoms with van der Waals surface area (Å²) in [4.78, 5) is 11.1. The van der Waals surface area contributed by atoms with Gasteiger partial charge in [0.05, 0.1) is 6.61 Å². The highest BCUT2D eigenvalue weighted by Crippen LogP contribution is 2.65. The van der Waals surface area contributed by atoms with Crippen molar-refractivity contribution in [1.82, 2.24) is 0 Å². The van der Waals surface area contributed by atoms with E-state index in [-0.39, 0.29) is 29.4 Å². The van der Waals surface area contributed by atoms with Gasteiger partial charge in [-0.2, -0.15) is 0 Å². The molecule has 5 nitrogen and oxygen atoms in total. The van der Waals surface area contributed by atoms with E-state index in [0.29, 0.717) is 0 Å². The minimum Gasteiger partial charge on any atom is -0.433 e. The molecule has 3 saturated heterocycles. The van der Waals surface area contributed by atoms with Gasteiger partial charge in [0.25, 0.3) is 0 Å². The van der Waals surface area contributed by atoms with Crippen molar-refractivity contribution in [3.8, 4) is 0 Å². The molecule has 5 atom stereocenters. The predicted octanol–water partition coefficient (Wildman–Crippen LogP) is 0.960. The molecule has 0 unspecified atom stereocenters. The number of hydrogen-bond acceptors (Lipinski definition) is 5. The Morgan fingerprint density at radius 1 is 1.41 bits per heavy atom. The average Bonchev–Trinajstić information content (AvgIpc) is 2.72. The van der Waals surface area contributed by atoms with E-state index in [1.165, 1.54) is 13.3 Å². The highest BCUT2D eigenvalue weighted by molar-refractivity contribution is 5.66. The van der Waals surface area contributed by atoms with Crippen LogP contribution in [0, 0.1) is 5.41 Å². The van der Waals surface area contributed by atoms with E-state index in [0.717, 1.165) is 25.9 Å². The summed E-state index contributed by atoms with van der Waals surface area (Å²) in [7, 11) is 0. The molecule has 5 heteroatoms. The fourth-order valence-corrected chi connectivity index (χ4v) is 4.22. The summed E-state index contributed by atoms with van der Waals surface area (Å²) >= 11 is 0. The molecule has 0 aromatic carbocycles. The molecule has 1 aliphatic carbocycles. The predicted molar refractivity (Wildman–Crippen MR) is 54.9 cm³/mol. The summed E-state index contributed by atoms with van der Waals surface area (Å²) in [6, 6.07) is 0. The Balaban J connectivity index is 1.72. The summed E-state index contributed by atoms with van der Waals surface area (Å²) in [6.07, 6.45) is 3.12. The molecule has 1 spiro atoms. The zero-order chi connectivity index (χ0) is 11.7. The fourth-order valence-electron chi connectivity index (χ4n) is 4.22. The maximum absolute atomic E-state index is 11.1. The molecule has 4 fully saturated rings. The van der Waals surface area contributed by atoms with Gasteiger partial charge < -0.3 is 18.9 Å². The minimum absolute atomic E-state index is 0.108. The van der Waals surface area contributed by atoms with Crippen LogP contribution in [0.5, 0.6) is 0 Å². The number of rotatable bonds is 1. The zero-order valence-electron chi connectivity index (χ0n) is 9.81. The molecule has 4 rings (SSSR count). The van der Waals surface area contributed by atoms with Crippen molar-refractivity contribution in [3.63, 3.8) is 0 Å².